The Bertz CT molecular complexity index is 889. The van der Waals surface area contributed by atoms with E-state index in [4.69, 9.17) is 19.0 Å². The number of carbonyl (C=O) groups excluding carboxylic acids is 1. The number of oxazole rings is 1. The van der Waals surface area contributed by atoms with E-state index < -0.39 is 5.97 Å². The van der Waals surface area contributed by atoms with Crippen molar-refractivity contribution < 1.29 is 23.8 Å². The first-order valence-electron chi connectivity index (χ1n) is 8.41. The number of ether oxygens (including phenoxy) is 2. The number of benzene rings is 2. The van der Waals surface area contributed by atoms with Gasteiger partial charge in [-0.15, -0.1) is 0 Å². The molecule has 0 aliphatic heterocycles. The lowest BCUT2D eigenvalue weighted by Gasteiger charge is -2.10. The predicted octanol–water partition coefficient (Wildman–Crippen LogP) is 3.11. The largest absolute Gasteiger partial charge is 0.497 e. The minimum absolute atomic E-state index is 0.00712. The van der Waals surface area contributed by atoms with E-state index >= 15 is 0 Å². The van der Waals surface area contributed by atoms with Crippen LogP contribution in [-0.4, -0.2) is 36.3 Å². The Morgan fingerprint density at radius 3 is 2.70 bits per heavy atom. The number of rotatable bonds is 8. The minimum Gasteiger partial charge on any atom is -0.497 e. The molecular weight excluding hydrogens is 348 g/mol. The van der Waals surface area contributed by atoms with Crippen molar-refractivity contribution >= 4 is 11.7 Å². The Balaban J connectivity index is 1.64. The molecule has 1 aromatic heterocycles. The Morgan fingerprint density at radius 2 is 1.96 bits per heavy atom. The van der Waals surface area contributed by atoms with E-state index in [1.165, 1.54) is 6.26 Å². The van der Waals surface area contributed by atoms with Gasteiger partial charge in [0.2, 0.25) is 5.89 Å². The molecule has 0 amide bonds. The maximum absolute atomic E-state index is 12.4. The summed E-state index contributed by atoms with van der Waals surface area (Å²) < 4.78 is 15.9. The number of methoxy groups -OCH3 is 1. The van der Waals surface area contributed by atoms with Crippen LogP contribution in [0.25, 0.3) is 11.5 Å². The van der Waals surface area contributed by atoms with Gasteiger partial charge in [0.05, 0.1) is 19.3 Å². The molecule has 0 saturated heterocycles. The summed E-state index contributed by atoms with van der Waals surface area (Å²) in [4.78, 5) is 16.7. The van der Waals surface area contributed by atoms with Gasteiger partial charge in [-0.25, -0.2) is 9.78 Å². The summed E-state index contributed by atoms with van der Waals surface area (Å²) in [7, 11) is 1.60. The fraction of sp³-hybridized carbons (Fsp3) is 0.200. The SMILES string of the molecule is COc1ccc(-c2nc(COC(=O)c3ccccc3NCCO)co2)cc1. The summed E-state index contributed by atoms with van der Waals surface area (Å²) >= 11 is 0. The zero-order chi connectivity index (χ0) is 19.1. The maximum atomic E-state index is 12.4. The van der Waals surface area contributed by atoms with Crippen LogP contribution in [0.5, 0.6) is 5.75 Å². The summed E-state index contributed by atoms with van der Waals surface area (Å²) in [5.74, 6) is 0.701. The van der Waals surface area contributed by atoms with E-state index in [1.807, 2.05) is 24.3 Å². The molecule has 3 rings (SSSR count). The molecule has 0 saturated carbocycles. The second-order valence-electron chi connectivity index (χ2n) is 5.64. The molecule has 0 bridgehead atoms. The number of hydrogen-bond donors (Lipinski definition) is 2. The highest BCUT2D eigenvalue weighted by Crippen LogP contribution is 2.22. The lowest BCUT2D eigenvalue weighted by Crippen LogP contribution is -2.12. The monoisotopic (exact) mass is 368 g/mol. The fourth-order valence-corrected chi connectivity index (χ4v) is 2.46. The van der Waals surface area contributed by atoms with Crippen molar-refractivity contribution in [2.45, 2.75) is 6.61 Å². The van der Waals surface area contributed by atoms with Gasteiger partial charge in [0, 0.05) is 17.8 Å². The predicted molar refractivity (Wildman–Crippen MR) is 99.6 cm³/mol. The molecule has 0 aliphatic rings. The van der Waals surface area contributed by atoms with Gasteiger partial charge in [-0.2, -0.15) is 0 Å². The third kappa shape index (κ3) is 4.65. The highest BCUT2D eigenvalue weighted by atomic mass is 16.5. The third-order valence-electron chi connectivity index (χ3n) is 3.81. The Kier molecular flexibility index (Phi) is 6.06. The molecular formula is C20H20N2O5. The topological polar surface area (TPSA) is 93.8 Å². The molecule has 0 radical (unpaired) electrons. The highest BCUT2D eigenvalue weighted by Gasteiger charge is 2.14. The fourth-order valence-electron chi connectivity index (χ4n) is 2.46. The van der Waals surface area contributed by atoms with E-state index in [0.717, 1.165) is 11.3 Å². The van der Waals surface area contributed by atoms with Crippen molar-refractivity contribution in [3.05, 3.63) is 66.1 Å². The maximum Gasteiger partial charge on any atom is 0.340 e. The number of nitrogens with zero attached hydrogens (tertiary/aromatic N) is 1. The standard InChI is InChI=1S/C20H20N2O5/c1-25-16-8-6-14(7-9-16)19-22-15(12-26-19)13-27-20(24)17-4-2-3-5-18(17)21-10-11-23/h2-9,12,21,23H,10-11,13H2,1H3. The lowest BCUT2D eigenvalue weighted by atomic mass is 10.2. The molecule has 3 aromatic rings. The van der Waals surface area contributed by atoms with Crippen molar-refractivity contribution in [1.29, 1.82) is 0 Å². The average molecular weight is 368 g/mol. The van der Waals surface area contributed by atoms with Gasteiger partial charge in [-0.1, -0.05) is 12.1 Å². The van der Waals surface area contributed by atoms with Crippen LogP contribution in [0.2, 0.25) is 0 Å². The molecule has 7 nitrogen and oxygen atoms in total. The second-order valence-corrected chi connectivity index (χ2v) is 5.64. The van der Waals surface area contributed by atoms with Crippen LogP contribution in [0.4, 0.5) is 5.69 Å². The Hall–Kier alpha value is -3.32. The van der Waals surface area contributed by atoms with E-state index in [0.29, 0.717) is 29.4 Å². The van der Waals surface area contributed by atoms with Crippen LogP contribution < -0.4 is 10.1 Å². The normalized spacial score (nSPS) is 10.4. The molecule has 140 valence electrons. The van der Waals surface area contributed by atoms with Crippen molar-refractivity contribution in [2.75, 3.05) is 25.6 Å². The van der Waals surface area contributed by atoms with Crippen LogP contribution in [0.15, 0.2) is 59.2 Å². The molecule has 0 unspecified atom stereocenters. The summed E-state index contributed by atoms with van der Waals surface area (Å²) in [6, 6.07) is 14.3. The number of nitrogens with one attached hydrogen (secondary N) is 1. The molecule has 0 spiro atoms. The van der Waals surface area contributed by atoms with E-state index in [-0.39, 0.29) is 13.2 Å². The van der Waals surface area contributed by atoms with Crippen LogP contribution in [0.1, 0.15) is 16.1 Å². The first kappa shape index (κ1) is 18.5. The van der Waals surface area contributed by atoms with Crippen molar-refractivity contribution in [2.24, 2.45) is 0 Å². The minimum atomic E-state index is -0.481. The van der Waals surface area contributed by atoms with Gasteiger partial charge in [-0.05, 0) is 36.4 Å². The zero-order valence-corrected chi connectivity index (χ0v) is 14.8. The number of esters is 1. The van der Waals surface area contributed by atoms with E-state index in [1.54, 1.807) is 31.4 Å². The van der Waals surface area contributed by atoms with Crippen LogP contribution in [0, 0.1) is 0 Å². The van der Waals surface area contributed by atoms with Gasteiger partial charge in [0.1, 0.15) is 24.3 Å². The van der Waals surface area contributed by atoms with Crippen LogP contribution in [-0.2, 0) is 11.3 Å². The van der Waals surface area contributed by atoms with Crippen LogP contribution in [0.3, 0.4) is 0 Å². The second kappa shape index (κ2) is 8.86. The first-order valence-corrected chi connectivity index (χ1v) is 8.41. The molecule has 27 heavy (non-hydrogen) atoms. The molecule has 2 N–H and O–H groups in total. The number of aliphatic hydroxyl groups is 1. The highest BCUT2D eigenvalue weighted by molar-refractivity contribution is 5.95. The lowest BCUT2D eigenvalue weighted by molar-refractivity contribution is 0.0469. The summed E-state index contributed by atoms with van der Waals surface area (Å²) in [6.45, 7) is 0.308. The van der Waals surface area contributed by atoms with Crippen molar-refractivity contribution in [3.63, 3.8) is 0 Å². The molecule has 0 fully saturated rings. The van der Waals surface area contributed by atoms with Gasteiger partial charge in [0.15, 0.2) is 0 Å². The quantitative estimate of drug-likeness (QED) is 0.590. The molecule has 7 heteroatoms. The molecule has 0 aliphatic carbocycles. The molecule has 2 aromatic carbocycles. The van der Waals surface area contributed by atoms with Gasteiger partial charge in [0.25, 0.3) is 0 Å². The first-order chi connectivity index (χ1) is 13.2. The summed E-state index contributed by atoms with van der Waals surface area (Å²) in [5, 5.41) is 11.9. The Labute approximate surface area is 156 Å². The molecule has 1 heterocycles. The van der Waals surface area contributed by atoms with Gasteiger partial charge < -0.3 is 24.3 Å². The third-order valence-corrected chi connectivity index (χ3v) is 3.81. The van der Waals surface area contributed by atoms with Crippen LogP contribution >= 0.6 is 0 Å². The number of para-hydroxylation sites is 1. The summed E-state index contributed by atoms with van der Waals surface area (Å²) in [6.07, 6.45) is 1.46. The van der Waals surface area contributed by atoms with Gasteiger partial charge >= 0.3 is 5.97 Å². The summed E-state index contributed by atoms with van der Waals surface area (Å²) in [5.41, 5.74) is 2.31. The number of aromatic nitrogens is 1. The number of anilines is 1. The average Bonchev–Trinajstić information content (AvgIpc) is 3.20. The van der Waals surface area contributed by atoms with Crippen molar-refractivity contribution in [3.8, 4) is 17.2 Å². The zero-order valence-electron chi connectivity index (χ0n) is 14.8. The smallest absolute Gasteiger partial charge is 0.340 e. The van der Waals surface area contributed by atoms with E-state index in [2.05, 4.69) is 10.3 Å². The number of carbonyl (C=O) groups is 1. The van der Waals surface area contributed by atoms with Crippen molar-refractivity contribution in [1.82, 2.24) is 4.98 Å². The number of hydrogen-bond acceptors (Lipinski definition) is 7. The van der Waals surface area contributed by atoms with Gasteiger partial charge in [-0.3, -0.25) is 0 Å². The molecule has 0 atom stereocenters. The number of aliphatic hydroxyl groups excluding tert-OH is 1. The Morgan fingerprint density at radius 1 is 1.19 bits per heavy atom. The van der Waals surface area contributed by atoms with E-state index in [9.17, 15) is 4.79 Å².